The second kappa shape index (κ2) is 6.48. The van der Waals surface area contributed by atoms with Crippen molar-refractivity contribution in [3.8, 4) is 0 Å². The van der Waals surface area contributed by atoms with Gasteiger partial charge in [-0.15, -0.1) is 0 Å². The van der Waals surface area contributed by atoms with Crippen molar-refractivity contribution in [2.75, 3.05) is 11.9 Å². The standard InChI is InChI=1S/C17H23N3O2/c1-11-9-15(7-8-18-11)20-17(22)13-3-2-4-14(10-13)19-16(21)12-5-6-12/h2-4,10-12,15,18H,5-9H2,1H3,(H,19,21)(H,20,22). The summed E-state index contributed by atoms with van der Waals surface area (Å²) in [6, 6.07) is 7.82. The predicted molar refractivity (Wildman–Crippen MR) is 85.7 cm³/mol. The molecule has 1 heterocycles. The van der Waals surface area contributed by atoms with E-state index in [-0.39, 0.29) is 23.8 Å². The van der Waals surface area contributed by atoms with Crippen LogP contribution in [0, 0.1) is 5.92 Å². The summed E-state index contributed by atoms with van der Waals surface area (Å²) in [7, 11) is 0. The smallest absolute Gasteiger partial charge is 0.251 e. The van der Waals surface area contributed by atoms with Crippen LogP contribution in [0.25, 0.3) is 0 Å². The molecule has 1 saturated carbocycles. The first-order valence-corrected chi connectivity index (χ1v) is 8.07. The van der Waals surface area contributed by atoms with Gasteiger partial charge in [-0.25, -0.2) is 0 Å². The van der Waals surface area contributed by atoms with Crippen LogP contribution in [-0.4, -0.2) is 30.4 Å². The van der Waals surface area contributed by atoms with Crippen LogP contribution in [0.2, 0.25) is 0 Å². The number of piperidine rings is 1. The number of nitrogens with one attached hydrogen (secondary N) is 3. The third-order valence-electron chi connectivity index (χ3n) is 4.30. The van der Waals surface area contributed by atoms with E-state index in [0.29, 0.717) is 17.3 Å². The third kappa shape index (κ3) is 3.85. The number of anilines is 1. The first-order valence-electron chi connectivity index (χ1n) is 8.07. The minimum absolute atomic E-state index is 0.0599. The number of rotatable bonds is 4. The minimum Gasteiger partial charge on any atom is -0.349 e. The van der Waals surface area contributed by atoms with Gasteiger partial charge in [0, 0.05) is 29.3 Å². The third-order valence-corrected chi connectivity index (χ3v) is 4.30. The maximum atomic E-state index is 12.4. The zero-order valence-electron chi connectivity index (χ0n) is 12.9. The molecule has 1 aromatic rings. The van der Waals surface area contributed by atoms with Crippen LogP contribution in [0.1, 0.15) is 43.0 Å². The van der Waals surface area contributed by atoms with E-state index in [0.717, 1.165) is 32.2 Å². The van der Waals surface area contributed by atoms with Crippen LogP contribution in [0.4, 0.5) is 5.69 Å². The van der Waals surface area contributed by atoms with Gasteiger partial charge >= 0.3 is 0 Å². The molecular formula is C17H23N3O2. The van der Waals surface area contributed by atoms with E-state index >= 15 is 0 Å². The van der Waals surface area contributed by atoms with Gasteiger partial charge in [0.2, 0.25) is 5.91 Å². The largest absolute Gasteiger partial charge is 0.349 e. The summed E-state index contributed by atoms with van der Waals surface area (Å²) in [6.07, 6.45) is 3.85. The lowest BCUT2D eigenvalue weighted by Crippen LogP contribution is -2.46. The Morgan fingerprint density at radius 3 is 2.77 bits per heavy atom. The molecule has 1 aliphatic carbocycles. The second-order valence-corrected chi connectivity index (χ2v) is 6.39. The monoisotopic (exact) mass is 301 g/mol. The van der Waals surface area contributed by atoms with E-state index in [2.05, 4.69) is 22.9 Å². The number of benzene rings is 1. The maximum Gasteiger partial charge on any atom is 0.251 e. The molecule has 1 aliphatic heterocycles. The Labute approximate surface area is 130 Å². The Morgan fingerprint density at radius 2 is 2.05 bits per heavy atom. The normalized spacial score (nSPS) is 24.6. The highest BCUT2D eigenvalue weighted by Gasteiger charge is 2.29. The average Bonchev–Trinajstić information content (AvgIpc) is 3.32. The SMILES string of the molecule is CC1CC(NC(=O)c2cccc(NC(=O)C3CC3)c2)CCN1. The van der Waals surface area contributed by atoms with Crippen molar-refractivity contribution in [3.05, 3.63) is 29.8 Å². The van der Waals surface area contributed by atoms with Gasteiger partial charge in [-0.3, -0.25) is 9.59 Å². The van der Waals surface area contributed by atoms with E-state index in [9.17, 15) is 9.59 Å². The Kier molecular flexibility index (Phi) is 4.43. The van der Waals surface area contributed by atoms with Gasteiger partial charge in [-0.05, 0) is 57.4 Å². The summed E-state index contributed by atoms with van der Waals surface area (Å²) in [4.78, 5) is 24.1. The van der Waals surface area contributed by atoms with Crippen LogP contribution in [0.15, 0.2) is 24.3 Å². The van der Waals surface area contributed by atoms with E-state index in [1.807, 2.05) is 12.1 Å². The lowest BCUT2D eigenvalue weighted by Gasteiger charge is -2.28. The molecule has 3 rings (SSSR count). The van der Waals surface area contributed by atoms with Crippen LogP contribution >= 0.6 is 0 Å². The van der Waals surface area contributed by atoms with Crippen molar-refractivity contribution in [1.29, 1.82) is 0 Å². The van der Waals surface area contributed by atoms with Crippen LogP contribution < -0.4 is 16.0 Å². The van der Waals surface area contributed by atoms with Crippen molar-refractivity contribution < 1.29 is 9.59 Å². The molecule has 1 saturated heterocycles. The molecule has 5 heteroatoms. The Hall–Kier alpha value is -1.88. The van der Waals surface area contributed by atoms with Gasteiger partial charge < -0.3 is 16.0 Å². The highest BCUT2D eigenvalue weighted by Crippen LogP contribution is 2.30. The van der Waals surface area contributed by atoms with Crippen molar-refractivity contribution in [2.24, 2.45) is 5.92 Å². The highest BCUT2D eigenvalue weighted by molar-refractivity contribution is 5.98. The van der Waals surface area contributed by atoms with E-state index < -0.39 is 0 Å². The molecule has 1 aromatic carbocycles. The second-order valence-electron chi connectivity index (χ2n) is 6.39. The number of carbonyl (C=O) groups excluding carboxylic acids is 2. The maximum absolute atomic E-state index is 12.4. The molecule has 5 nitrogen and oxygen atoms in total. The molecule has 3 N–H and O–H groups in total. The van der Waals surface area contributed by atoms with E-state index in [1.54, 1.807) is 12.1 Å². The quantitative estimate of drug-likeness (QED) is 0.795. The van der Waals surface area contributed by atoms with Crippen molar-refractivity contribution in [1.82, 2.24) is 10.6 Å². The first kappa shape index (κ1) is 15.0. The molecule has 2 atom stereocenters. The number of hydrogen-bond donors (Lipinski definition) is 3. The Morgan fingerprint density at radius 1 is 1.23 bits per heavy atom. The summed E-state index contributed by atoms with van der Waals surface area (Å²) in [5, 5.41) is 9.34. The van der Waals surface area contributed by atoms with Crippen LogP contribution in [-0.2, 0) is 4.79 Å². The Bertz CT molecular complexity index is 569. The summed E-state index contributed by atoms with van der Waals surface area (Å²) < 4.78 is 0. The summed E-state index contributed by atoms with van der Waals surface area (Å²) in [5.41, 5.74) is 1.29. The molecule has 2 unspecified atom stereocenters. The van der Waals surface area contributed by atoms with Crippen molar-refractivity contribution >= 4 is 17.5 Å². The number of hydrogen-bond acceptors (Lipinski definition) is 3. The number of amides is 2. The minimum atomic E-state index is -0.0679. The van der Waals surface area contributed by atoms with Crippen molar-refractivity contribution in [2.45, 2.75) is 44.7 Å². The fraction of sp³-hybridized carbons (Fsp3) is 0.529. The van der Waals surface area contributed by atoms with Crippen LogP contribution in [0.5, 0.6) is 0 Å². The van der Waals surface area contributed by atoms with Gasteiger partial charge in [0.25, 0.3) is 5.91 Å². The zero-order valence-corrected chi connectivity index (χ0v) is 12.9. The first-order chi connectivity index (χ1) is 10.6. The van der Waals surface area contributed by atoms with E-state index in [4.69, 9.17) is 0 Å². The predicted octanol–water partition coefficient (Wildman–Crippen LogP) is 1.91. The lowest BCUT2D eigenvalue weighted by molar-refractivity contribution is -0.117. The fourth-order valence-electron chi connectivity index (χ4n) is 2.86. The van der Waals surface area contributed by atoms with Gasteiger partial charge in [-0.2, -0.15) is 0 Å². The fourth-order valence-corrected chi connectivity index (χ4v) is 2.86. The summed E-state index contributed by atoms with van der Waals surface area (Å²) in [5.74, 6) is 0.153. The van der Waals surface area contributed by atoms with Gasteiger partial charge in [0.1, 0.15) is 0 Å². The molecule has 0 bridgehead atoms. The molecule has 0 aromatic heterocycles. The highest BCUT2D eigenvalue weighted by atomic mass is 16.2. The van der Waals surface area contributed by atoms with Gasteiger partial charge in [0.15, 0.2) is 0 Å². The number of carbonyl (C=O) groups is 2. The van der Waals surface area contributed by atoms with Gasteiger partial charge in [-0.1, -0.05) is 6.07 Å². The molecule has 0 radical (unpaired) electrons. The molecule has 2 amide bonds. The van der Waals surface area contributed by atoms with Crippen molar-refractivity contribution in [3.63, 3.8) is 0 Å². The average molecular weight is 301 g/mol. The summed E-state index contributed by atoms with van der Waals surface area (Å²) in [6.45, 7) is 3.07. The summed E-state index contributed by atoms with van der Waals surface area (Å²) >= 11 is 0. The molecule has 2 fully saturated rings. The zero-order chi connectivity index (χ0) is 15.5. The molecule has 22 heavy (non-hydrogen) atoms. The Balaban J connectivity index is 1.60. The molecule has 0 spiro atoms. The van der Waals surface area contributed by atoms with Crippen LogP contribution in [0.3, 0.4) is 0 Å². The molecular weight excluding hydrogens is 278 g/mol. The van der Waals surface area contributed by atoms with Gasteiger partial charge in [0.05, 0.1) is 0 Å². The molecule has 118 valence electrons. The topological polar surface area (TPSA) is 70.2 Å². The molecule has 2 aliphatic rings. The van der Waals surface area contributed by atoms with E-state index in [1.165, 1.54) is 0 Å². The lowest BCUT2D eigenvalue weighted by atomic mass is 10.00.